The van der Waals surface area contributed by atoms with Crippen molar-refractivity contribution in [3.63, 3.8) is 0 Å². The number of alkyl halides is 1. The Kier molecular flexibility index (Phi) is 2.68. The maximum atomic E-state index is 9.71. The van der Waals surface area contributed by atoms with Gasteiger partial charge in [0, 0.05) is 0 Å². The van der Waals surface area contributed by atoms with Crippen LogP contribution < -0.4 is 0 Å². The Hall–Kier alpha value is -0.340. The monoisotopic (exact) mass is 214 g/mol. The smallest absolute Gasteiger partial charge is 0.144 e. The van der Waals surface area contributed by atoms with Crippen LogP contribution in [0.2, 0.25) is 0 Å². The first-order chi connectivity index (χ1) is 5.17. The highest BCUT2D eigenvalue weighted by Gasteiger charge is 2.21. The molecule has 0 radical (unpaired) electrons. The average molecular weight is 215 g/mol. The van der Waals surface area contributed by atoms with Gasteiger partial charge in [0.1, 0.15) is 4.51 Å². The maximum Gasteiger partial charge on any atom is 0.144 e. The Morgan fingerprint density at radius 1 is 1.36 bits per heavy atom. The standard InChI is InChI=1S/C9H11BrO/c1-2-9(10,11)8-6-4-3-5-7-8/h3-7,11H,2H2,1H3. The first kappa shape index (κ1) is 8.75. The number of hydrogen-bond acceptors (Lipinski definition) is 1. The van der Waals surface area contributed by atoms with Gasteiger partial charge in [0.25, 0.3) is 0 Å². The molecule has 0 aromatic heterocycles. The second kappa shape index (κ2) is 3.37. The lowest BCUT2D eigenvalue weighted by atomic mass is 10.1. The summed E-state index contributed by atoms with van der Waals surface area (Å²) in [5.74, 6) is 0. The summed E-state index contributed by atoms with van der Waals surface area (Å²) in [6.07, 6.45) is 0.664. The van der Waals surface area contributed by atoms with Gasteiger partial charge in [0.15, 0.2) is 0 Å². The zero-order valence-corrected chi connectivity index (χ0v) is 8.01. The SMILES string of the molecule is CCC(O)(Br)c1ccccc1. The molecule has 1 atom stereocenters. The number of rotatable bonds is 2. The lowest BCUT2D eigenvalue weighted by Crippen LogP contribution is -2.14. The Morgan fingerprint density at radius 3 is 2.36 bits per heavy atom. The minimum Gasteiger partial charge on any atom is -0.375 e. The average Bonchev–Trinajstić information content (AvgIpc) is 2.06. The molecule has 1 unspecified atom stereocenters. The molecule has 1 aromatic rings. The van der Waals surface area contributed by atoms with E-state index in [-0.39, 0.29) is 0 Å². The van der Waals surface area contributed by atoms with Gasteiger partial charge in [0.2, 0.25) is 0 Å². The van der Waals surface area contributed by atoms with E-state index in [2.05, 4.69) is 15.9 Å². The second-order valence-electron chi connectivity index (χ2n) is 2.48. The number of aliphatic hydroxyl groups is 1. The first-order valence-electron chi connectivity index (χ1n) is 3.63. The normalized spacial score (nSPS) is 15.9. The molecule has 0 bridgehead atoms. The van der Waals surface area contributed by atoms with Gasteiger partial charge in [0.05, 0.1) is 0 Å². The van der Waals surface area contributed by atoms with Crippen molar-refractivity contribution in [2.24, 2.45) is 0 Å². The zero-order valence-electron chi connectivity index (χ0n) is 6.42. The minimum atomic E-state index is -0.853. The quantitative estimate of drug-likeness (QED) is 0.752. The summed E-state index contributed by atoms with van der Waals surface area (Å²) in [6, 6.07) is 9.56. The van der Waals surface area contributed by atoms with Crippen molar-refractivity contribution in [3.05, 3.63) is 35.9 Å². The molecule has 0 aliphatic rings. The summed E-state index contributed by atoms with van der Waals surface area (Å²) in [5.41, 5.74) is 0.905. The Bertz CT molecular complexity index is 218. The van der Waals surface area contributed by atoms with Crippen LogP contribution in [0, 0.1) is 0 Å². The fraction of sp³-hybridized carbons (Fsp3) is 0.333. The molecular formula is C9H11BrO. The highest BCUT2D eigenvalue weighted by molar-refractivity contribution is 9.09. The van der Waals surface area contributed by atoms with Gasteiger partial charge in [-0.3, -0.25) is 0 Å². The van der Waals surface area contributed by atoms with Crippen LogP contribution in [0.4, 0.5) is 0 Å². The molecule has 0 aliphatic heterocycles. The van der Waals surface area contributed by atoms with Crippen LogP contribution in [0.1, 0.15) is 18.9 Å². The minimum absolute atomic E-state index is 0.664. The second-order valence-corrected chi connectivity index (χ2v) is 3.79. The molecule has 1 rings (SSSR count). The molecule has 0 saturated heterocycles. The molecule has 11 heavy (non-hydrogen) atoms. The number of benzene rings is 1. The number of halogens is 1. The molecule has 0 aliphatic carbocycles. The van der Waals surface area contributed by atoms with E-state index in [9.17, 15) is 5.11 Å². The van der Waals surface area contributed by atoms with E-state index in [0.717, 1.165) is 5.56 Å². The Morgan fingerprint density at radius 2 is 1.91 bits per heavy atom. The maximum absolute atomic E-state index is 9.71. The Balaban J connectivity index is 2.93. The van der Waals surface area contributed by atoms with Crippen molar-refractivity contribution in [1.82, 2.24) is 0 Å². The molecule has 1 aromatic carbocycles. The summed E-state index contributed by atoms with van der Waals surface area (Å²) in [7, 11) is 0. The van der Waals surface area contributed by atoms with E-state index >= 15 is 0 Å². The summed E-state index contributed by atoms with van der Waals surface area (Å²) in [5, 5.41) is 9.71. The van der Waals surface area contributed by atoms with Gasteiger partial charge in [-0.15, -0.1) is 0 Å². The lowest BCUT2D eigenvalue weighted by Gasteiger charge is -2.18. The predicted molar refractivity (Wildman–Crippen MR) is 49.6 cm³/mol. The third-order valence-electron chi connectivity index (χ3n) is 1.68. The van der Waals surface area contributed by atoms with Gasteiger partial charge in [-0.1, -0.05) is 37.3 Å². The lowest BCUT2D eigenvalue weighted by molar-refractivity contribution is 0.141. The van der Waals surface area contributed by atoms with Crippen molar-refractivity contribution in [2.75, 3.05) is 0 Å². The Labute approximate surface area is 75.2 Å². The summed E-state index contributed by atoms with van der Waals surface area (Å²) >= 11 is 3.24. The van der Waals surface area contributed by atoms with Crippen LogP contribution in [-0.4, -0.2) is 5.11 Å². The molecule has 0 heterocycles. The highest BCUT2D eigenvalue weighted by atomic mass is 79.9. The van der Waals surface area contributed by atoms with E-state index in [4.69, 9.17) is 0 Å². The molecule has 0 spiro atoms. The topological polar surface area (TPSA) is 20.2 Å². The van der Waals surface area contributed by atoms with Gasteiger partial charge in [-0.25, -0.2) is 0 Å². The molecule has 0 saturated carbocycles. The van der Waals surface area contributed by atoms with Crippen molar-refractivity contribution in [1.29, 1.82) is 0 Å². The van der Waals surface area contributed by atoms with E-state index < -0.39 is 4.51 Å². The molecule has 0 amide bonds. The van der Waals surface area contributed by atoms with E-state index in [1.807, 2.05) is 37.3 Å². The van der Waals surface area contributed by atoms with Crippen LogP contribution in [0.25, 0.3) is 0 Å². The third kappa shape index (κ3) is 2.04. The number of hydrogen-bond donors (Lipinski definition) is 1. The van der Waals surface area contributed by atoms with Gasteiger partial charge in [-0.05, 0) is 27.9 Å². The van der Waals surface area contributed by atoms with Crippen LogP contribution >= 0.6 is 15.9 Å². The molecule has 60 valence electrons. The molecule has 0 fully saturated rings. The van der Waals surface area contributed by atoms with E-state index in [1.165, 1.54) is 0 Å². The van der Waals surface area contributed by atoms with Crippen LogP contribution in [0.5, 0.6) is 0 Å². The molecule has 2 heteroatoms. The largest absolute Gasteiger partial charge is 0.375 e. The molecule has 1 nitrogen and oxygen atoms in total. The first-order valence-corrected chi connectivity index (χ1v) is 4.43. The van der Waals surface area contributed by atoms with Gasteiger partial charge >= 0.3 is 0 Å². The summed E-state index contributed by atoms with van der Waals surface area (Å²) < 4.78 is -0.853. The summed E-state index contributed by atoms with van der Waals surface area (Å²) in [4.78, 5) is 0. The van der Waals surface area contributed by atoms with Crippen molar-refractivity contribution >= 4 is 15.9 Å². The van der Waals surface area contributed by atoms with Gasteiger partial charge in [-0.2, -0.15) is 0 Å². The third-order valence-corrected chi connectivity index (χ3v) is 2.70. The molecular weight excluding hydrogens is 204 g/mol. The highest BCUT2D eigenvalue weighted by Crippen LogP contribution is 2.30. The van der Waals surface area contributed by atoms with Crippen molar-refractivity contribution in [3.8, 4) is 0 Å². The predicted octanol–water partition coefficient (Wildman–Crippen LogP) is 2.64. The summed E-state index contributed by atoms with van der Waals surface area (Å²) in [6.45, 7) is 1.93. The van der Waals surface area contributed by atoms with Crippen molar-refractivity contribution < 1.29 is 5.11 Å². The van der Waals surface area contributed by atoms with E-state index in [0.29, 0.717) is 6.42 Å². The van der Waals surface area contributed by atoms with Crippen LogP contribution in [0.3, 0.4) is 0 Å². The molecule has 1 N–H and O–H groups in total. The van der Waals surface area contributed by atoms with Crippen LogP contribution in [-0.2, 0) is 4.51 Å². The van der Waals surface area contributed by atoms with Crippen LogP contribution in [0.15, 0.2) is 30.3 Å². The fourth-order valence-electron chi connectivity index (χ4n) is 0.898. The zero-order chi connectivity index (χ0) is 8.32. The van der Waals surface area contributed by atoms with Gasteiger partial charge < -0.3 is 5.11 Å². The van der Waals surface area contributed by atoms with E-state index in [1.54, 1.807) is 0 Å². The van der Waals surface area contributed by atoms with Crippen molar-refractivity contribution in [2.45, 2.75) is 17.9 Å². The fourth-order valence-corrected chi connectivity index (χ4v) is 1.16.